The number of hydrogen-bond donors (Lipinski definition) is 0. The summed E-state index contributed by atoms with van der Waals surface area (Å²) in [4.78, 5) is 0. The van der Waals surface area contributed by atoms with Crippen LogP contribution in [0.1, 0.15) is 76.3 Å². The molecule has 1 aliphatic carbocycles. The normalized spacial score (nSPS) is 21.6. The van der Waals surface area contributed by atoms with Gasteiger partial charge >= 0.3 is 0 Å². The first-order valence-corrected chi connectivity index (χ1v) is 21.8. The Morgan fingerprint density at radius 3 is 1.70 bits per heavy atom. The lowest BCUT2D eigenvalue weighted by atomic mass is 9.74. The fraction of sp³-hybridized carbons (Fsp3) is 0.333. The van der Waals surface area contributed by atoms with E-state index >= 15 is 0 Å². The topological polar surface area (TPSA) is 64.6 Å². The van der Waals surface area contributed by atoms with Gasteiger partial charge in [0.15, 0.2) is 0 Å². The summed E-state index contributed by atoms with van der Waals surface area (Å²) >= 11 is 0. The zero-order valence-electron chi connectivity index (χ0n) is 35.0. The third-order valence-electron chi connectivity index (χ3n) is 12.5. The lowest BCUT2D eigenvalue weighted by molar-refractivity contribution is -0.275. The van der Waals surface area contributed by atoms with Gasteiger partial charge in [-0.3, -0.25) is 0 Å². The number of rotatable bonds is 17. The lowest BCUT2D eigenvalue weighted by Crippen LogP contribution is -2.58. The highest BCUT2D eigenvalue weighted by molar-refractivity contribution is 5.45. The number of aryl methyl sites for hydroxylation is 1. The van der Waals surface area contributed by atoms with Crippen molar-refractivity contribution in [1.29, 1.82) is 0 Å². The molecule has 6 aromatic rings. The minimum Gasteiger partial charge on any atom is -0.496 e. The molecule has 1 spiro atoms. The predicted molar refractivity (Wildman–Crippen MR) is 237 cm³/mol. The van der Waals surface area contributed by atoms with E-state index in [1.807, 2.05) is 72.8 Å². The highest BCUT2D eigenvalue weighted by Crippen LogP contribution is 2.45. The third kappa shape index (κ3) is 10.1. The zero-order valence-corrected chi connectivity index (χ0v) is 35.0. The van der Waals surface area contributed by atoms with Crippen LogP contribution in [0.4, 0.5) is 0 Å². The van der Waals surface area contributed by atoms with Crippen LogP contribution >= 0.6 is 0 Å². The summed E-state index contributed by atoms with van der Waals surface area (Å²) in [7, 11) is 1.74. The van der Waals surface area contributed by atoms with Crippen molar-refractivity contribution in [2.75, 3.05) is 13.7 Å². The van der Waals surface area contributed by atoms with E-state index in [1.165, 1.54) is 17.5 Å². The van der Waals surface area contributed by atoms with Gasteiger partial charge in [0.25, 0.3) is 0 Å². The molecule has 7 nitrogen and oxygen atoms in total. The maximum atomic E-state index is 7.27. The van der Waals surface area contributed by atoms with Crippen LogP contribution in [0.15, 0.2) is 158 Å². The second-order valence-electron chi connectivity index (χ2n) is 16.7. The Kier molecular flexibility index (Phi) is 13.2. The van der Waals surface area contributed by atoms with Crippen molar-refractivity contribution in [3.63, 3.8) is 0 Å². The fourth-order valence-electron chi connectivity index (χ4n) is 9.00. The van der Waals surface area contributed by atoms with Crippen LogP contribution in [0.5, 0.6) is 11.5 Å². The molecular formula is C54H56O7. The van der Waals surface area contributed by atoms with Crippen LogP contribution in [0.2, 0.25) is 0 Å². The Labute approximate surface area is 360 Å². The highest BCUT2D eigenvalue weighted by Gasteiger charge is 2.49. The smallest absolute Gasteiger partial charge is 0.123 e. The van der Waals surface area contributed by atoms with Gasteiger partial charge in [-0.1, -0.05) is 140 Å². The monoisotopic (exact) mass is 816 g/mol. The van der Waals surface area contributed by atoms with Crippen molar-refractivity contribution in [2.24, 2.45) is 0 Å². The molecule has 0 unspecified atom stereocenters. The van der Waals surface area contributed by atoms with Crippen LogP contribution in [0.3, 0.4) is 0 Å². The molecule has 2 aliphatic heterocycles. The van der Waals surface area contributed by atoms with E-state index in [2.05, 4.69) is 84.9 Å². The first-order chi connectivity index (χ1) is 30.1. The fourth-order valence-corrected chi connectivity index (χ4v) is 9.00. The van der Waals surface area contributed by atoms with Gasteiger partial charge in [0.1, 0.15) is 47.6 Å². The van der Waals surface area contributed by atoms with Crippen LogP contribution in [-0.2, 0) is 63.0 Å². The second kappa shape index (κ2) is 19.6. The Bertz CT molecular complexity index is 2280. The van der Waals surface area contributed by atoms with E-state index < -0.39 is 30.5 Å². The molecule has 1 saturated carbocycles. The van der Waals surface area contributed by atoms with Crippen molar-refractivity contribution < 1.29 is 33.2 Å². The van der Waals surface area contributed by atoms with Gasteiger partial charge in [-0.25, -0.2) is 0 Å². The average molecular weight is 817 g/mol. The Morgan fingerprint density at radius 1 is 0.557 bits per heavy atom. The van der Waals surface area contributed by atoms with E-state index in [0.29, 0.717) is 39.5 Å². The van der Waals surface area contributed by atoms with Gasteiger partial charge in [-0.15, -0.1) is 0 Å². The van der Waals surface area contributed by atoms with Gasteiger partial charge in [0, 0.05) is 6.42 Å². The molecular weight excluding hydrogens is 761 g/mol. The van der Waals surface area contributed by atoms with Gasteiger partial charge in [0.2, 0.25) is 0 Å². The highest BCUT2D eigenvalue weighted by atomic mass is 16.6. The van der Waals surface area contributed by atoms with Crippen LogP contribution in [0, 0.1) is 0 Å². The maximum Gasteiger partial charge on any atom is 0.123 e. The number of hydrogen-bond acceptors (Lipinski definition) is 7. The Hall–Kier alpha value is -5.28. The minimum atomic E-state index is -0.545. The maximum absolute atomic E-state index is 7.27. The molecule has 1 saturated heterocycles. The van der Waals surface area contributed by atoms with Gasteiger partial charge in [-0.05, 0) is 94.8 Å². The summed E-state index contributed by atoms with van der Waals surface area (Å²) in [5.74, 6) is 1.86. The Morgan fingerprint density at radius 2 is 1.13 bits per heavy atom. The van der Waals surface area contributed by atoms with Crippen molar-refractivity contribution in [3.05, 3.63) is 202 Å². The van der Waals surface area contributed by atoms with Crippen LogP contribution < -0.4 is 9.47 Å². The van der Waals surface area contributed by atoms with E-state index in [-0.39, 0.29) is 5.60 Å². The van der Waals surface area contributed by atoms with E-state index in [9.17, 15) is 0 Å². The van der Waals surface area contributed by atoms with Gasteiger partial charge in [0.05, 0.1) is 40.1 Å². The molecule has 0 N–H and O–H groups in total. The molecule has 2 heterocycles. The molecule has 0 aromatic heterocycles. The van der Waals surface area contributed by atoms with Crippen molar-refractivity contribution >= 4 is 0 Å². The largest absolute Gasteiger partial charge is 0.496 e. The quantitative estimate of drug-likeness (QED) is 0.0908. The molecule has 0 radical (unpaired) electrons. The van der Waals surface area contributed by atoms with Crippen molar-refractivity contribution in [1.82, 2.24) is 0 Å². The summed E-state index contributed by atoms with van der Waals surface area (Å²) in [6.07, 6.45) is 3.81. The molecule has 7 heteroatoms. The lowest BCUT2D eigenvalue weighted by Gasteiger charge is -2.46. The van der Waals surface area contributed by atoms with Gasteiger partial charge < -0.3 is 33.2 Å². The molecule has 3 aliphatic rings. The molecule has 5 atom stereocenters. The van der Waals surface area contributed by atoms with E-state index in [1.54, 1.807) is 7.11 Å². The number of methoxy groups -OCH3 is 1. The summed E-state index contributed by atoms with van der Waals surface area (Å²) in [5, 5.41) is 0. The third-order valence-corrected chi connectivity index (χ3v) is 12.5. The van der Waals surface area contributed by atoms with Crippen LogP contribution in [0.25, 0.3) is 0 Å². The van der Waals surface area contributed by atoms with E-state index in [4.69, 9.17) is 33.2 Å². The minimum absolute atomic E-state index is 0.0594. The molecule has 9 rings (SSSR count). The second-order valence-corrected chi connectivity index (χ2v) is 16.7. The molecule has 0 bridgehead atoms. The van der Waals surface area contributed by atoms with E-state index in [0.717, 1.165) is 70.6 Å². The van der Waals surface area contributed by atoms with Crippen LogP contribution in [-0.4, -0.2) is 43.7 Å². The number of fused-ring (bicyclic) bond motifs is 1. The predicted octanol–water partition coefficient (Wildman–Crippen LogP) is 10.9. The molecule has 314 valence electrons. The summed E-state index contributed by atoms with van der Waals surface area (Å²) < 4.78 is 47.3. The molecule has 2 fully saturated rings. The standard InChI is InChI=1S/C54H56O7/c1-55-47-26-24-45(33-46(47)32-43-23-25-48-44(31-43)27-30-54(61-48)28-14-29-54)50-52(58-36-41-19-10-4-11-20-41)53(59-37-42-21-12-5-13-22-42)51(57-35-40-17-8-3-9-18-40)49(60-50)38-56-34-39-15-6-2-7-16-39/h2-13,15-26,31,33,49-53H,14,27-30,32,34-38H2,1H3/t49-,50+,51-,52+,53+/m1/s1. The SMILES string of the molecule is COc1ccc([C@@H]2O[C@H](COCc3ccccc3)[C@@H](OCc3ccccc3)[C@H](OCc3ccccc3)[C@H]2OCc2ccccc2)cc1Cc1ccc2c(c1)CCC1(CCC1)O2. The van der Waals surface area contributed by atoms with Crippen molar-refractivity contribution in [3.8, 4) is 11.5 Å². The summed E-state index contributed by atoms with van der Waals surface area (Å²) in [6, 6.07) is 54.1. The molecule has 0 amide bonds. The Balaban J connectivity index is 1.06. The summed E-state index contributed by atoms with van der Waals surface area (Å²) in [6.45, 7) is 1.87. The molecule has 6 aromatic carbocycles. The first kappa shape index (κ1) is 41.1. The average Bonchev–Trinajstić information content (AvgIpc) is 3.30. The van der Waals surface area contributed by atoms with Crippen molar-refractivity contribution in [2.45, 2.75) is 101 Å². The first-order valence-electron chi connectivity index (χ1n) is 21.8. The summed E-state index contributed by atoms with van der Waals surface area (Å²) in [5.41, 5.74) is 8.89. The zero-order chi connectivity index (χ0) is 41.3. The number of benzene rings is 6. The molecule has 61 heavy (non-hydrogen) atoms. The number of ether oxygens (including phenoxy) is 7. The van der Waals surface area contributed by atoms with Gasteiger partial charge in [-0.2, -0.15) is 0 Å².